The van der Waals surface area contributed by atoms with Crippen LogP contribution in [0.2, 0.25) is 0 Å². The van der Waals surface area contributed by atoms with Gasteiger partial charge in [0.2, 0.25) is 11.1 Å². The number of benzene rings is 2. The molecule has 6 nitrogen and oxygen atoms in total. The number of carbonyl (C=O) groups is 1. The van der Waals surface area contributed by atoms with Gasteiger partial charge in [0.1, 0.15) is 0 Å². The summed E-state index contributed by atoms with van der Waals surface area (Å²) in [6.07, 6.45) is 0. The van der Waals surface area contributed by atoms with E-state index in [4.69, 9.17) is 0 Å². The van der Waals surface area contributed by atoms with Crippen LogP contribution in [0.3, 0.4) is 0 Å². The predicted octanol–water partition coefficient (Wildman–Crippen LogP) is 4.83. The topological polar surface area (TPSA) is 72.7 Å². The standard InChI is InChI=1S/C22H27N5OS/c1-13(2)18-12-8-9-14(3)19(18)23-21(28)17(6)29-22-24-25-26-27(22)20-15(4)10-7-11-16(20)5/h7-13,17H,1-6H3,(H,23,28). The van der Waals surface area contributed by atoms with Crippen molar-refractivity contribution in [2.45, 2.75) is 57.9 Å². The first kappa shape index (κ1) is 21.0. The van der Waals surface area contributed by atoms with Gasteiger partial charge in [-0.1, -0.05) is 62.0 Å². The van der Waals surface area contributed by atoms with Crippen LogP contribution in [0, 0.1) is 20.8 Å². The minimum absolute atomic E-state index is 0.0674. The fourth-order valence-electron chi connectivity index (χ4n) is 3.31. The lowest BCUT2D eigenvalue weighted by Gasteiger charge is -2.18. The van der Waals surface area contributed by atoms with Gasteiger partial charge in [0, 0.05) is 5.69 Å². The van der Waals surface area contributed by atoms with Crippen LogP contribution in [0.1, 0.15) is 48.9 Å². The highest BCUT2D eigenvalue weighted by Crippen LogP contribution is 2.30. The number of para-hydroxylation sites is 2. The highest BCUT2D eigenvalue weighted by atomic mass is 32.2. The molecule has 1 amide bonds. The fourth-order valence-corrected chi connectivity index (χ4v) is 4.10. The Morgan fingerprint density at radius 2 is 1.62 bits per heavy atom. The van der Waals surface area contributed by atoms with E-state index in [1.54, 1.807) is 4.68 Å². The van der Waals surface area contributed by atoms with Crippen LogP contribution in [0.4, 0.5) is 5.69 Å². The molecular formula is C22H27N5OS. The molecule has 0 saturated heterocycles. The van der Waals surface area contributed by atoms with Gasteiger partial charge in [-0.15, -0.1) is 5.10 Å². The van der Waals surface area contributed by atoms with E-state index in [0.29, 0.717) is 11.1 Å². The molecule has 0 aliphatic heterocycles. The third-order valence-electron chi connectivity index (χ3n) is 4.92. The number of nitrogens with zero attached hydrogens (tertiary/aromatic N) is 4. The van der Waals surface area contributed by atoms with Crippen LogP contribution < -0.4 is 5.32 Å². The maximum Gasteiger partial charge on any atom is 0.237 e. The number of aromatic nitrogens is 4. The van der Waals surface area contributed by atoms with Gasteiger partial charge in [0.15, 0.2) is 0 Å². The summed E-state index contributed by atoms with van der Waals surface area (Å²) >= 11 is 1.35. The molecule has 0 spiro atoms. The van der Waals surface area contributed by atoms with Crippen molar-refractivity contribution in [2.75, 3.05) is 5.32 Å². The maximum atomic E-state index is 12.9. The second kappa shape index (κ2) is 8.78. The van der Waals surface area contributed by atoms with Crippen LogP contribution in [-0.2, 0) is 4.79 Å². The first-order valence-corrected chi connectivity index (χ1v) is 10.6. The van der Waals surface area contributed by atoms with Crippen molar-refractivity contribution in [2.24, 2.45) is 0 Å². The Morgan fingerprint density at radius 1 is 1.00 bits per heavy atom. The van der Waals surface area contributed by atoms with E-state index in [1.165, 1.54) is 11.8 Å². The summed E-state index contributed by atoms with van der Waals surface area (Å²) in [5.41, 5.74) is 6.21. The Bertz CT molecular complexity index is 1010. The highest BCUT2D eigenvalue weighted by molar-refractivity contribution is 8.00. The van der Waals surface area contributed by atoms with E-state index in [2.05, 4.69) is 40.8 Å². The Balaban J connectivity index is 1.82. The van der Waals surface area contributed by atoms with Gasteiger partial charge < -0.3 is 5.32 Å². The lowest BCUT2D eigenvalue weighted by atomic mass is 9.98. The molecule has 0 saturated carbocycles. The Hall–Kier alpha value is -2.67. The van der Waals surface area contributed by atoms with Crippen molar-refractivity contribution >= 4 is 23.4 Å². The molecule has 3 aromatic rings. The minimum atomic E-state index is -0.358. The molecule has 1 atom stereocenters. The number of anilines is 1. The zero-order chi connectivity index (χ0) is 21.1. The minimum Gasteiger partial charge on any atom is -0.325 e. The van der Waals surface area contributed by atoms with Gasteiger partial charge in [-0.2, -0.15) is 4.68 Å². The molecule has 0 aliphatic rings. The molecule has 1 heterocycles. The Morgan fingerprint density at radius 3 is 2.28 bits per heavy atom. The van der Waals surface area contributed by atoms with Crippen LogP contribution in [0.25, 0.3) is 5.69 Å². The number of amides is 1. The van der Waals surface area contributed by atoms with Crippen molar-refractivity contribution in [3.05, 3.63) is 58.7 Å². The number of carbonyl (C=O) groups excluding carboxylic acids is 1. The van der Waals surface area contributed by atoms with Crippen LogP contribution in [-0.4, -0.2) is 31.4 Å². The predicted molar refractivity (Wildman–Crippen MR) is 118 cm³/mol. The van der Waals surface area contributed by atoms with Gasteiger partial charge in [0.05, 0.1) is 10.9 Å². The molecular weight excluding hydrogens is 382 g/mol. The highest BCUT2D eigenvalue weighted by Gasteiger charge is 2.22. The number of rotatable bonds is 6. The summed E-state index contributed by atoms with van der Waals surface area (Å²) in [6, 6.07) is 12.2. The normalized spacial score (nSPS) is 12.2. The second-order valence-corrected chi connectivity index (χ2v) is 8.86. The molecule has 152 valence electrons. The van der Waals surface area contributed by atoms with E-state index in [9.17, 15) is 4.79 Å². The van der Waals surface area contributed by atoms with Crippen molar-refractivity contribution in [1.82, 2.24) is 20.2 Å². The molecule has 1 aromatic heterocycles. The van der Waals surface area contributed by atoms with Crippen LogP contribution >= 0.6 is 11.8 Å². The van der Waals surface area contributed by atoms with E-state index in [0.717, 1.165) is 33.6 Å². The Labute approximate surface area is 176 Å². The van der Waals surface area contributed by atoms with Crippen molar-refractivity contribution in [3.63, 3.8) is 0 Å². The van der Waals surface area contributed by atoms with Gasteiger partial charge in [-0.05, 0) is 66.3 Å². The molecule has 1 unspecified atom stereocenters. The van der Waals surface area contributed by atoms with Gasteiger partial charge >= 0.3 is 0 Å². The summed E-state index contributed by atoms with van der Waals surface area (Å²) in [7, 11) is 0. The maximum absolute atomic E-state index is 12.9. The largest absolute Gasteiger partial charge is 0.325 e. The number of aryl methyl sites for hydroxylation is 3. The van der Waals surface area contributed by atoms with E-state index >= 15 is 0 Å². The van der Waals surface area contributed by atoms with E-state index in [1.807, 2.05) is 58.0 Å². The van der Waals surface area contributed by atoms with Gasteiger partial charge in [0.25, 0.3) is 0 Å². The number of hydrogen-bond acceptors (Lipinski definition) is 5. The summed E-state index contributed by atoms with van der Waals surface area (Å²) in [5.74, 6) is 0.256. The zero-order valence-corrected chi connectivity index (χ0v) is 18.5. The van der Waals surface area contributed by atoms with E-state index < -0.39 is 0 Å². The SMILES string of the molecule is Cc1cccc(C(C)C)c1NC(=O)C(C)Sc1nnnn1-c1c(C)cccc1C. The summed E-state index contributed by atoms with van der Waals surface area (Å²) < 4.78 is 1.71. The number of tetrazole rings is 1. The quantitative estimate of drug-likeness (QED) is 0.590. The third kappa shape index (κ3) is 4.50. The molecule has 7 heteroatoms. The molecule has 0 radical (unpaired) electrons. The molecule has 0 bridgehead atoms. The Kier molecular flexibility index (Phi) is 6.37. The van der Waals surface area contributed by atoms with Crippen LogP contribution in [0.5, 0.6) is 0 Å². The first-order chi connectivity index (χ1) is 13.8. The third-order valence-corrected chi connectivity index (χ3v) is 5.95. The molecule has 0 fully saturated rings. The lowest BCUT2D eigenvalue weighted by molar-refractivity contribution is -0.115. The molecule has 2 aromatic carbocycles. The number of nitrogens with one attached hydrogen (secondary N) is 1. The monoisotopic (exact) mass is 409 g/mol. The fraction of sp³-hybridized carbons (Fsp3) is 0.364. The van der Waals surface area contributed by atoms with Crippen molar-refractivity contribution < 1.29 is 4.79 Å². The number of thioether (sulfide) groups is 1. The average Bonchev–Trinajstić information content (AvgIpc) is 3.10. The molecule has 29 heavy (non-hydrogen) atoms. The van der Waals surface area contributed by atoms with Gasteiger partial charge in [-0.3, -0.25) is 4.79 Å². The van der Waals surface area contributed by atoms with Crippen molar-refractivity contribution in [3.8, 4) is 5.69 Å². The summed E-state index contributed by atoms with van der Waals surface area (Å²) in [5, 5.41) is 15.5. The zero-order valence-electron chi connectivity index (χ0n) is 17.7. The van der Waals surface area contributed by atoms with Crippen LogP contribution in [0.15, 0.2) is 41.6 Å². The van der Waals surface area contributed by atoms with Crippen molar-refractivity contribution in [1.29, 1.82) is 0 Å². The second-order valence-electron chi connectivity index (χ2n) is 7.56. The smallest absolute Gasteiger partial charge is 0.237 e. The van der Waals surface area contributed by atoms with E-state index in [-0.39, 0.29) is 11.2 Å². The lowest BCUT2D eigenvalue weighted by Crippen LogP contribution is -2.24. The molecule has 3 rings (SSSR count). The molecule has 1 N–H and O–H groups in total. The summed E-state index contributed by atoms with van der Waals surface area (Å²) in [4.78, 5) is 12.9. The molecule has 0 aliphatic carbocycles. The summed E-state index contributed by atoms with van der Waals surface area (Å²) in [6.45, 7) is 12.2. The first-order valence-electron chi connectivity index (χ1n) is 9.71. The average molecular weight is 410 g/mol. The number of hydrogen-bond donors (Lipinski definition) is 1. The van der Waals surface area contributed by atoms with Gasteiger partial charge in [-0.25, -0.2) is 0 Å².